The smallest absolute Gasteiger partial charge is 0.170 e. The Kier molecular flexibility index (Phi) is 4.60. The van der Waals surface area contributed by atoms with Crippen LogP contribution >= 0.6 is 15.9 Å². The van der Waals surface area contributed by atoms with Crippen LogP contribution in [0.25, 0.3) is 0 Å². The van der Waals surface area contributed by atoms with Crippen LogP contribution in [0.4, 0.5) is 0 Å². The van der Waals surface area contributed by atoms with Crippen molar-refractivity contribution in [2.75, 3.05) is 13.7 Å². The van der Waals surface area contributed by atoms with Gasteiger partial charge in [-0.1, -0.05) is 15.9 Å². The molecule has 0 aliphatic carbocycles. The van der Waals surface area contributed by atoms with E-state index in [1.807, 2.05) is 19.1 Å². The van der Waals surface area contributed by atoms with Crippen molar-refractivity contribution in [3.05, 3.63) is 28.2 Å². The van der Waals surface area contributed by atoms with E-state index in [-0.39, 0.29) is 0 Å². The monoisotopic (exact) mass is 269 g/mol. The maximum Gasteiger partial charge on any atom is 0.170 e. The lowest BCUT2D eigenvalue weighted by Gasteiger charge is -2.12. The third kappa shape index (κ3) is 2.95. The molecular formula is C11H12BrNO2. The second kappa shape index (κ2) is 5.74. The van der Waals surface area contributed by atoms with Gasteiger partial charge in [-0.2, -0.15) is 5.26 Å². The zero-order chi connectivity index (χ0) is 11.3. The fourth-order valence-corrected chi connectivity index (χ4v) is 1.67. The maximum absolute atomic E-state index is 8.96. The molecule has 1 aromatic carbocycles. The fourth-order valence-electron chi connectivity index (χ4n) is 1.21. The van der Waals surface area contributed by atoms with E-state index in [9.17, 15) is 0 Å². The standard InChI is InChI=1S/C11H12BrNO2/c1-3-15-11(7-13)9-6-8(14-2)4-5-10(9)12/h4-6,11H,3H2,1-2H3. The first-order chi connectivity index (χ1) is 7.22. The van der Waals surface area contributed by atoms with Crippen LogP contribution in [0.3, 0.4) is 0 Å². The van der Waals surface area contributed by atoms with Gasteiger partial charge in [0.05, 0.1) is 13.2 Å². The van der Waals surface area contributed by atoms with Crippen molar-refractivity contribution in [2.24, 2.45) is 0 Å². The molecule has 80 valence electrons. The normalized spacial score (nSPS) is 11.9. The second-order valence-corrected chi connectivity index (χ2v) is 3.71. The van der Waals surface area contributed by atoms with Crippen molar-refractivity contribution in [2.45, 2.75) is 13.0 Å². The summed E-state index contributed by atoms with van der Waals surface area (Å²) in [6.45, 7) is 2.36. The maximum atomic E-state index is 8.96. The van der Waals surface area contributed by atoms with Crippen LogP contribution in [0.5, 0.6) is 5.75 Å². The molecule has 4 heteroatoms. The van der Waals surface area contributed by atoms with Crippen LogP contribution in [0.1, 0.15) is 18.6 Å². The van der Waals surface area contributed by atoms with Crippen LogP contribution in [0.15, 0.2) is 22.7 Å². The van der Waals surface area contributed by atoms with E-state index in [1.165, 1.54) is 0 Å². The summed E-state index contributed by atoms with van der Waals surface area (Å²) in [4.78, 5) is 0. The molecule has 0 aromatic heterocycles. The Morgan fingerprint density at radius 2 is 2.27 bits per heavy atom. The minimum Gasteiger partial charge on any atom is -0.497 e. The molecule has 0 heterocycles. The molecule has 0 radical (unpaired) electrons. The third-order valence-electron chi connectivity index (χ3n) is 1.94. The average Bonchev–Trinajstić information content (AvgIpc) is 2.27. The third-order valence-corrected chi connectivity index (χ3v) is 2.66. The van der Waals surface area contributed by atoms with E-state index in [2.05, 4.69) is 22.0 Å². The zero-order valence-corrected chi connectivity index (χ0v) is 10.2. The van der Waals surface area contributed by atoms with Crippen molar-refractivity contribution >= 4 is 15.9 Å². The Hall–Kier alpha value is -1.05. The molecule has 0 N–H and O–H groups in total. The van der Waals surface area contributed by atoms with E-state index < -0.39 is 6.10 Å². The van der Waals surface area contributed by atoms with Crippen LogP contribution < -0.4 is 4.74 Å². The van der Waals surface area contributed by atoms with E-state index >= 15 is 0 Å². The largest absolute Gasteiger partial charge is 0.497 e. The quantitative estimate of drug-likeness (QED) is 0.844. The molecule has 15 heavy (non-hydrogen) atoms. The van der Waals surface area contributed by atoms with Crippen molar-refractivity contribution < 1.29 is 9.47 Å². The first-order valence-electron chi connectivity index (χ1n) is 4.57. The molecule has 0 saturated heterocycles. The predicted molar refractivity (Wildman–Crippen MR) is 60.7 cm³/mol. The number of benzene rings is 1. The lowest BCUT2D eigenvalue weighted by Crippen LogP contribution is -2.02. The Morgan fingerprint density at radius 3 is 2.80 bits per heavy atom. The molecule has 0 bridgehead atoms. The number of ether oxygens (including phenoxy) is 2. The van der Waals surface area contributed by atoms with E-state index in [4.69, 9.17) is 14.7 Å². The molecular weight excluding hydrogens is 258 g/mol. The molecule has 1 aromatic rings. The first kappa shape index (κ1) is 12.0. The van der Waals surface area contributed by atoms with E-state index in [0.717, 1.165) is 10.0 Å². The van der Waals surface area contributed by atoms with Gasteiger partial charge in [0.25, 0.3) is 0 Å². The van der Waals surface area contributed by atoms with E-state index in [1.54, 1.807) is 13.2 Å². The summed E-state index contributed by atoms with van der Waals surface area (Å²) >= 11 is 3.38. The summed E-state index contributed by atoms with van der Waals surface area (Å²) in [7, 11) is 1.59. The number of rotatable bonds is 4. The SMILES string of the molecule is CCOC(C#N)c1cc(OC)ccc1Br. The zero-order valence-electron chi connectivity index (χ0n) is 8.66. The summed E-state index contributed by atoms with van der Waals surface area (Å²) < 4.78 is 11.3. The van der Waals surface area contributed by atoms with Crippen LogP contribution in [0, 0.1) is 11.3 Å². The summed E-state index contributed by atoms with van der Waals surface area (Å²) in [5.41, 5.74) is 0.790. The highest BCUT2D eigenvalue weighted by Crippen LogP contribution is 2.29. The number of nitriles is 1. The second-order valence-electron chi connectivity index (χ2n) is 2.85. The molecule has 0 fully saturated rings. The van der Waals surface area contributed by atoms with Crippen molar-refractivity contribution in [1.82, 2.24) is 0 Å². The number of halogens is 1. The minimum absolute atomic E-state index is 0.502. The number of methoxy groups -OCH3 is 1. The predicted octanol–water partition coefficient (Wildman–Crippen LogP) is 3.06. The first-order valence-corrected chi connectivity index (χ1v) is 5.36. The van der Waals surface area contributed by atoms with Gasteiger partial charge < -0.3 is 9.47 Å². The summed E-state index contributed by atoms with van der Waals surface area (Å²) in [6, 6.07) is 7.57. The highest BCUT2D eigenvalue weighted by molar-refractivity contribution is 9.10. The molecule has 3 nitrogen and oxygen atoms in total. The lowest BCUT2D eigenvalue weighted by molar-refractivity contribution is 0.101. The summed E-state index contributed by atoms with van der Waals surface area (Å²) in [6.07, 6.45) is -0.556. The van der Waals surface area contributed by atoms with Gasteiger partial charge in [0.15, 0.2) is 6.10 Å². The molecule has 1 atom stereocenters. The van der Waals surface area contributed by atoms with Crippen molar-refractivity contribution in [1.29, 1.82) is 5.26 Å². The number of hydrogen-bond acceptors (Lipinski definition) is 3. The van der Waals surface area contributed by atoms with E-state index in [0.29, 0.717) is 12.4 Å². The number of nitrogens with zero attached hydrogens (tertiary/aromatic N) is 1. The molecule has 1 unspecified atom stereocenters. The molecule has 1 rings (SSSR count). The Labute approximate surface area is 97.7 Å². The average molecular weight is 270 g/mol. The molecule has 0 amide bonds. The molecule has 0 aliphatic rings. The lowest BCUT2D eigenvalue weighted by atomic mass is 10.1. The molecule has 0 spiro atoms. The van der Waals surface area contributed by atoms with Gasteiger partial charge in [-0.3, -0.25) is 0 Å². The number of hydrogen-bond donors (Lipinski definition) is 0. The fraction of sp³-hybridized carbons (Fsp3) is 0.364. The minimum atomic E-state index is -0.556. The Balaban J connectivity index is 3.05. The highest BCUT2D eigenvalue weighted by Gasteiger charge is 2.14. The van der Waals surface area contributed by atoms with Crippen molar-refractivity contribution in [3.8, 4) is 11.8 Å². The summed E-state index contributed by atoms with van der Waals surface area (Å²) in [5.74, 6) is 0.716. The van der Waals surface area contributed by atoms with Gasteiger partial charge in [0, 0.05) is 16.6 Å². The highest BCUT2D eigenvalue weighted by atomic mass is 79.9. The Bertz CT molecular complexity index is 373. The van der Waals surface area contributed by atoms with Gasteiger partial charge in [-0.15, -0.1) is 0 Å². The Morgan fingerprint density at radius 1 is 1.53 bits per heavy atom. The van der Waals surface area contributed by atoms with Gasteiger partial charge >= 0.3 is 0 Å². The molecule has 0 aliphatic heterocycles. The van der Waals surface area contributed by atoms with Gasteiger partial charge in [0.2, 0.25) is 0 Å². The summed E-state index contributed by atoms with van der Waals surface area (Å²) in [5, 5.41) is 8.96. The van der Waals surface area contributed by atoms with Crippen LogP contribution in [-0.2, 0) is 4.74 Å². The van der Waals surface area contributed by atoms with Gasteiger partial charge in [-0.25, -0.2) is 0 Å². The topological polar surface area (TPSA) is 42.2 Å². The van der Waals surface area contributed by atoms with Crippen LogP contribution in [-0.4, -0.2) is 13.7 Å². The van der Waals surface area contributed by atoms with Crippen LogP contribution in [0.2, 0.25) is 0 Å². The molecule has 0 saturated carbocycles. The van der Waals surface area contributed by atoms with Gasteiger partial charge in [0.1, 0.15) is 5.75 Å². The van der Waals surface area contributed by atoms with Crippen molar-refractivity contribution in [3.63, 3.8) is 0 Å². The van der Waals surface area contributed by atoms with Gasteiger partial charge in [-0.05, 0) is 25.1 Å².